The van der Waals surface area contributed by atoms with Gasteiger partial charge in [0.1, 0.15) is 0 Å². The molecule has 1 unspecified atom stereocenters. The summed E-state index contributed by atoms with van der Waals surface area (Å²) in [5.41, 5.74) is -2.37. The van der Waals surface area contributed by atoms with Crippen molar-refractivity contribution in [3.63, 3.8) is 0 Å². The van der Waals surface area contributed by atoms with Crippen molar-refractivity contribution in [1.29, 1.82) is 0 Å². The van der Waals surface area contributed by atoms with E-state index in [4.69, 9.17) is 0 Å². The molecule has 0 N–H and O–H groups in total. The van der Waals surface area contributed by atoms with Crippen molar-refractivity contribution in [3.05, 3.63) is 57.5 Å². The number of hydrogen-bond donors (Lipinski definition) is 0. The number of methoxy groups -OCH3 is 1. The summed E-state index contributed by atoms with van der Waals surface area (Å²) in [4.78, 5) is 38.2. The van der Waals surface area contributed by atoms with Crippen LogP contribution in [-0.4, -0.2) is 46.8 Å². The molecule has 2 rings (SSSR count). The van der Waals surface area contributed by atoms with Crippen LogP contribution in [0.4, 0.5) is 13.2 Å². The second-order valence-electron chi connectivity index (χ2n) is 6.69. The van der Waals surface area contributed by atoms with Gasteiger partial charge in [0.05, 0.1) is 24.3 Å². The highest BCUT2D eigenvalue weighted by atomic mass is 19.4. The number of carbonyl (C=O) groups excluding carboxylic acids is 2. The SMILES string of the molecule is CCN(CC(C)C(=O)OC)C(=O)c1nn(-c2ccccc2C(F)(F)F)c(C)cc1=O. The van der Waals surface area contributed by atoms with E-state index in [1.165, 1.54) is 37.1 Å². The quantitative estimate of drug-likeness (QED) is 0.665. The van der Waals surface area contributed by atoms with Gasteiger partial charge in [-0.3, -0.25) is 14.4 Å². The maximum Gasteiger partial charge on any atom is 0.418 e. The largest absolute Gasteiger partial charge is 0.469 e. The maximum atomic E-state index is 13.4. The van der Waals surface area contributed by atoms with E-state index >= 15 is 0 Å². The zero-order valence-corrected chi connectivity index (χ0v) is 17.0. The third-order valence-electron chi connectivity index (χ3n) is 4.51. The molecule has 1 heterocycles. The standard InChI is InChI=1S/C20H22F3N3O4/c1-5-25(11-12(2)19(29)30-4)18(28)17-16(27)10-13(3)26(24-17)15-9-7-6-8-14(15)20(21,22)23/h6-10,12H,5,11H2,1-4H3. The summed E-state index contributed by atoms with van der Waals surface area (Å²) in [7, 11) is 1.22. The van der Waals surface area contributed by atoms with Crippen molar-refractivity contribution >= 4 is 11.9 Å². The monoisotopic (exact) mass is 425 g/mol. The highest BCUT2D eigenvalue weighted by Gasteiger charge is 2.34. The van der Waals surface area contributed by atoms with Gasteiger partial charge in [-0.2, -0.15) is 18.3 Å². The summed E-state index contributed by atoms with van der Waals surface area (Å²) in [5, 5.41) is 3.95. The minimum Gasteiger partial charge on any atom is -0.469 e. The number of aromatic nitrogens is 2. The van der Waals surface area contributed by atoms with E-state index in [0.717, 1.165) is 16.8 Å². The first kappa shape index (κ1) is 23.1. The summed E-state index contributed by atoms with van der Waals surface area (Å²) in [6.07, 6.45) is -4.65. The van der Waals surface area contributed by atoms with Gasteiger partial charge in [-0.15, -0.1) is 0 Å². The number of ether oxygens (including phenoxy) is 1. The number of esters is 1. The molecule has 0 bridgehead atoms. The molecular weight excluding hydrogens is 403 g/mol. The van der Waals surface area contributed by atoms with E-state index in [1.54, 1.807) is 13.8 Å². The van der Waals surface area contributed by atoms with E-state index in [0.29, 0.717) is 0 Å². The fraction of sp³-hybridized carbons (Fsp3) is 0.400. The number of nitrogens with zero attached hydrogens (tertiary/aromatic N) is 3. The smallest absolute Gasteiger partial charge is 0.418 e. The molecule has 0 aliphatic rings. The molecule has 0 radical (unpaired) electrons. The molecule has 30 heavy (non-hydrogen) atoms. The lowest BCUT2D eigenvalue weighted by atomic mass is 10.1. The van der Waals surface area contributed by atoms with E-state index in [2.05, 4.69) is 9.84 Å². The van der Waals surface area contributed by atoms with Crippen molar-refractivity contribution in [2.24, 2.45) is 5.92 Å². The van der Waals surface area contributed by atoms with Crippen LogP contribution in [0.25, 0.3) is 5.69 Å². The summed E-state index contributed by atoms with van der Waals surface area (Å²) in [6.45, 7) is 4.76. The predicted molar refractivity (Wildman–Crippen MR) is 102 cm³/mol. The number of para-hydroxylation sites is 1. The first-order chi connectivity index (χ1) is 14.0. The summed E-state index contributed by atoms with van der Waals surface area (Å²) >= 11 is 0. The van der Waals surface area contributed by atoms with Crippen molar-refractivity contribution in [2.75, 3.05) is 20.2 Å². The first-order valence-electron chi connectivity index (χ1n) is 9.15. The Morgan fingerprint density at radius 3 is 2.47 bits per heavy atom. The van der Waals surface area contributed by atoms with E-state index in [1.807, 2.05) is 0 Å². The van der Waals surface area contributed by atoms with Crippen LogP contribution < -0.4 is 5.43 Å². The number of rotatable bonds is 6. The fourth-order valence-corrected chi connectivity index (χ4v) is 2.95. The van der Waals surface area contributed by atoms with Gasteiger partial charge < -0.3 is 9.64 Å². The molecule has 1 amide bonds. The number of amides is 1. The van der Waals surface area contributed by atoms with Crippen LogP contribution in [0.5, 0.6) is 0 Å². The van der Waals surface area contributed by atoms with Crippen molar-refractivity contribution in [2.45, 2.75) is 26.9 Å². The molecule has 0 aliphatic carbocycles. The molecule has 10 heteroatoms. The lowest BCUT2D eigenvalue weighted by molar-refractivity contribution is -0.145. The molecule has 1 atom stereocenters. The number of aryl methyl sites for hydroxylation is 1. The van der Waals surface area contributed by atoms with Gasteiger partial charge in [0.25, 0.3) is 5.91 Å². The van der Waals surface area contributed by atoms with Gasteiger partial charge in [0.15, 0.2) is 5.69 Å². The van der Waals surface area contributed by atoms with E-state index in [9.17, 15) is 27.6 Å². The van der Waals surface area contributed by atoms with Crippen LogP contribution in [0.15, 0.2) is 35.1 Å². The minimum absolute atomic E-state index is 0.0316. The highest BCUT2D eigenvalue weighted by Crippen LogP contribution is 2.33. The van der Waals surface area contributed by atoms with Crippen molar-refractivity contribution < 1.29 is 27.5 Å². The Bertz CT molecular complexity index is 1000. The first-order valence-corrected chi connectivity index (χ1v) is 9.15. The van der Waals surface area contributed by atoms with E-state index < -0.39 is 40.7 Å². The van der Waals surface area contributed by atoms with Crippen molar-refractivity contribution in [1.82, 2.24) is 14.7 Å². The van der Waals surface area contributed by atoms with Crippen LogP contribution in [-0.2, 0) is 15.7 Å². The van der Waals surface area contributed by atoms with Gasteiger partial charge in [-0.25, -0.2) is 4.68 Å². The fourth-order valence-electron chi connectivity index (χ4n) is 2.95. The van der Waals surface area contributed by atoms with Gasteiger partial charge in [0.2, 0.25) is 5.43 Å². The third kappa shape index (κ3) is 4.87. The van der Waals surface area contributed by atoms with Crippen LogP contribution >= 0.6 is 0 Å². The molecule has 7 nitrogen and oxygen atoms in total. The van der Waals surface area contributed by atoms with Gasteiger partial charge >= 0.3 is 12.1 Å². The lowest BCUT2D eigenvalue weighted by Gasteiger charge is -2.23. The topological polar surface area (TPSA) is 81.5 Å². The molecule has 0 fully saturated rings. The maximum absolute atomic E-state index is 13.4. The second kappa shape index (κ2) is 9.10. The molecule has 0 saturated heterocycles. The molecular formula is C20H22F3N3O4. The highest BCUT2D eigenvalue weighted by molar-refractivity contribution is 5.92. The molecule has 1 aromatic heterocycles. The van der Waals surface area contributed by atoms with Gasteiger partial charge in [0, 0.05) is 24.8 Å². The molecule has 1 aromatic carbocycles. The Hall–Kier alpha value is -3.17. The average Bonchev–Trinajstić information content (AvgIpc) is 2.70. The number of halogens is 3. The summed E-state index contributed by atoms with van der Waals surface area (Å²) < 4.78 is 45.8. The zero-order chi connectivity index (χ0) is 22.6. The Morgan fingerprint density at radius 2 is 1.90 bits per heavy atom. The summed E-state index contributed by atoms with van der Waals surface area (Å²) in [5.74, 6) is -1.97. The van der Waals surface area contributed by atoms with Gasteiger partial charge in [-0.05, 0) is 26.0 Å². The number of benzene rings is 1. The van der Waals surface area contributed by atoms with Crippen LogP contribution in [0, 0.1) is 12.8 Å². The summed E-state index contributed by atoms with van der Waals surface area (Å²) in [6, 6.07) is 5.81. The van der Waals surface area contributed by atoms with E-state index in [-0.39, 0.29) is 24.5 Å². The van der Waals surface area contributed by atoms with Crippen LogP contribution in [0.3, 0.4) is 0 Å². The number of alkyl halides is 3. The average molecular weight is 425 g/mol. The normalized spacial score (nSPS) is 12.4. The van der Waals surface area contributed by atoms with Crippen LogP contribution in [0.2, 0.25) is 0 Å². The molecule has 2 aromatic rings. The molecule has 0 aliphatic heterocycles. The molecule has 162 valence electrons. The third-order valence-corrected chi connectivity index (χ3v) is 4.51. The molecule has 0 saturated carbocycles. The Morgan fingerprint density at radius 1 is 1.27 bits per heavy atom. The van der Waals surface area contributed by atoms with Crippen LogP contribution in [0.1, 0.15) is 35.6 Å². The second-order valence-corrected chi connectivity index (χ2v) is 6.69. The minimum atomic E-state index is -4.65. The Balaban J connectivity index is 2.53. The number of carbonyl (C=O) groups is 2. The Labute approximate surface area is 171 Å². The Kier molecular flexibility index (Phi) is 7.01. The lowest BCUT2D eigenvalue weighted by Crippen LogP contribution is -2.40. The predicted octanol–water partition coefficient (Wildman–Crippen LogP) is 2.83. The van der Waals surface area contributed by atoms with Gasteiger partial charge in [-0.1, -0.05) is 19.1 Å². The molecule has 0 spiro atoms. The van der Waals surface area contributed by atoms with Crippen molar-refractivity contribution in [3.8, 4) is 5.69 Å². The number of hydrogen-bond acceptors (Lipinski definition) is 5. The zero-order valence-electron chi connectivity index (χ0n) is 17.0.